The van der Waals surface area contributed by atoms with Gasteiger partial charge in [0, 0.05) is 23.7 Å². The second-order valence-electron chi connectivity index (χ2n) is 5.21. The van der Waals surface area contributed by atoms with Crippen LogP contribution in [0.2, 0.25) is 0 Å². The van der Waals surface area contributed by atoms with Crippen molar-refractivity contribution < 1.29 is 9.18 Å². The van der Waals surface area contributed by atoms with Gasteiger partial charge in [-0.3, -0.25) is 0 Å². The van der Waals surface area contributed by atoms with E-state index in [-0.39, 0.29) is 5.82 Å². The van der Waals surface area contributed by atoms with E-state index in [0.29, 0.717) is 18.5 Å². The number of benzene rings is 1. The Balaban J connectivity index is 2.56. The molecule has 4 heteroatoms. The van der Waals surface area contributed by atoms with E-state index < -0.39 is 11.5 Å². The molecule has 0 saturated heterocycles. The molecule has 0 radical (unpaired) electrons. The summed E-state index contributed by atoms with van der Waals surface area (Å²) in [6.45, 7) is 4.42. The molecule has 2 rings (SSSR count). The fraction of sp³-hybridized carbons (Fsp3) is 0.429. The molecule has 0 spiro atoms. The molecule has 0 saturated carbocycles. The minimum Gasteiger partial charge on any atom is -0.312 e. The van der Waals surface area contributed by atoms with Gasteiger partial charge in [-0.1, -0.05) is 19.9 Å². The molecule has 18 heavy (non-hydrogen) atoms. The Hall–Kier alpha value is -1.55. The van der Waals surface area contributed by atoms with Crippen LogP contribution in [-0.4, -0.2) is 19.0 Å². The van der Waals surface area contributed by atoms with Gasteiger partial charge in [-0.25, -0.2) is 4.39 Å². The van der Waals surface area contributed by atoms with Gasteiger partial charge in [0.2, 0.25) is 0 Å². The predicted molar refractivity (Wildman–Crippen MR) is 68.7 cm³/mol. The molecule has 0 aromatic heterocycles. The van der Waals surface area contributed by atoms with E-state index in [1.54, 1.807) is 0 Å². The van der Waals surface area contributed by atoms with E-state index in [4.69, 9.17) is 5.41 Å². The zero-order valence-corrected chi connectivity index (χ0v) is 10.6. The van der Waals surface area contributed by atoms with Crippen molar-refractivity contribution in [3.8, 4) is 0 Å². The second kappa shape index (κ2) is 4.61. The van der Waals surface area contributed by atoms with Crippen molar-refractivity contribution in [1.82, 2.24) is 5.32 Å². The third-order valence-electron chi connectivity index (χ3n) is 3.53. The zero-order valence-electron chi connectivity index (χ0n) is 10.6. The molecule has 1 aliphatic rings. The van der Waals surface area contributed by atoms with Crippen molar-refractivity contribution in [2.75, 3.05) is 6.54 Å². The first-order valence-electron chi connectivity index (χ1n) is 6.02. The van der Waals surface area contributed by atoms with Crippen LogP contribution in [0.1, 0.15) is 36.6 Å². The standard InChI is InChI=1S/C14H17FN2O/c1-14(2,8-16)10-5-9-3-4-17-12(7-18)13(9)11(15)6-10/h5-8,12,16-17H,3-4H2,1-2H3. The summed E-state index contributed by atoms with van der Waals surface area (Å²) >= 11 is 0. The topological polar surface area (TPSA) is 53.0 Å². The number of fused-ring (bicyclic) bond motifs is 1. The van der Waals surface area contributed by atoms with E-state index in [1.165, 1.54) is 12.3 Å². The van der Waals surface area contributed by atoms with Gasteiger partial charge in [0.25, 0.3) is 0 Å². The molecule has 0 fully saturated rings. The van der Waals surface area contributed by atoms with Crippen LogP contribution in [0.15, 0.2) is 12.1 Å². The van der Waals surface area contributed by atoms with Crippen molar-refractivity contribution in [3.05, 3.63) is 34.6 Å². The Bertz CT molecular complexity index is 497. The van der Waals surface area contributed by atoms with Crippen molar-refractivity contribution in [2.45, 2.75) is 31.7 Å². The van der Waals surface area contributed by atoms with E-state index >= 15 is 0 Å². The molecule has 2 N–H and O–H groups in total. The van der Waals surface area contributed by atoms with Gasteiger partial charge in [0.05, 0.1) is 6.04 Å². The molecular weight excluding hydrogens is 231 g/mol. The van der Waals surface area contributed by atoms with Crippen LogP contribution in [0.3, 0.4) is 0 Å². The first-order valence-corrected chi connectivity index (χ1v) is 6.02. The third-order valence-corrected chi connectivity index (χ3v) is 3.53. The van der Waals surface area contributed by atoms with Crippen LogP contribution < -0.4 is 5.32 Å². The van der Waals surface area contributed by atoms with Gasteiger partial charge in [-0.15, -0.1) is 0 Å². The van der Waals surface area contributed by atoms with Gasteiger partial charge in [-0.2, -0.15) is 0 Å². The summed E-state index contributed by atoms with van der Waals surface area (Å²) in [5.74, 6) is -0.360. The molecule has 96 valence electrons. The Morgan fingerprint density at radius 3 is 2.83 bits per heavy atom. The highest BCUT2D eigenvalue weighted by atomic mass is 19.1. The summed E-state index contributed by atoms with van der Waals surface area (Å²) in [5.41, 5.74) is 1.62. The lowest BCUT2D eigenvalue weighted by Crippen LogP contribution is -2.32. The SMILES string of the molecule is CC(C)(C=N)c1cc(F)c2c(c1)CCNC2C=O. The fourth-order valence-corrected chi connectivity index (χ4v) is 2.27. The van der Waals surface area contributed by atoms with Crippen LogP contribution in [0, 0.1) is 11.2 Å². The van der Waals surface area contributed by atoms with Crippen LogP contribution in [0.5, 0.6) is 0 Å². The lowest BCUT2D eigenvalue weighted by Gasteiger charge is -2.27. The van der Waals surface area contributed by atoms with Crippen molar-refractivity contribution >= 4 is 12.5 Å². The number of aldehydes is 1. The predicted octanol–water partition coefficient (Wildman–Crippen LogP) is 2.14. The number of rotatable bonds is 3. The highest BCUT2D eigenvalue weighted by Gasteiger charge is 2.26. The largest absolute Gasteiger partial charge is 0.312 e. The number of carbonyl (C=O) groups is 1. The first kappa shape index (κ1) is 12.9. The lowest BCUT2D eigenvalue weighted by atomic mass is 9.82. The van der Waals surface area contributed by atoms with Gasteiger partial charge >= 0.3 is 0 Å². The lowest BCUT2D eigenvalue weighted by molar-refractivity contribution is -0.109. The van der Waals surface area contributed by atoms with Crippen molar-refractivity contribution in [3.63, 3.8) is 0 Å². The Morgan fingerprint density at radius 1 is 1.50 bits per heavy atom. The number of nitrogens with one attached hydrogen (secondary N) is 2. The van der Waals surface area contributed by atoms with Gasteiger partial charge < -0.3 is 15.5 Å². The highest BCUT2D eigenvalue weighted by Crippen LogP contribution is 2.30. The Kier molecular flexibility index (Phi) is 3.30. The molecule has 1 unspecified atom stereocenters. The average Bonchev–Trinajstić information content (AvgIpc) is 2.37. The van der Waals surface area contributed by atoms with Crippen LogP contribution in [0.4, 0.5) is 4.39 Å². The maximum absolute atomic E-state index is 14.2. The summed E-state index contributed by atoms with van der Waals surface area (Å²) in [6.07, 6.45) is 2.76. The Labute approximate surface area is 106 Å². The van der Waals surface area contributed by atoms with E-state index in [0.717, 1.165) is 17.4 Å². The van der Waals surface area contributed by atoms with Gasteiger partial charge in [0.1, 0.15) is 12.1 Å². The van der Waals surface area contributed by atoms with Crippen LogP contribution >= 0.6 is 0 Å². The summed E-state index contributed by atoms with van der Waals surface area (Å²) in [5, 5.41) is 10.4. The minimum absolute atomic E-state index is 0.360. The highest BCUT2D eigenvalue weighted by molar-refractivity contribution is 5.71. The molecule has 0 bridgehead atoms. The van der Waals surface area contributed by atoms with Crippen molar-refractivity contribution in [2.24, 2.45) is 0 Å². The van der Waals surface area contributed by atoms with Crippen LogP contribution in [-0.2, 0) is 16.6 Å². The smallest absolute Gasteiger partial charge is 0.141 e. The Morgan fingerprint density at radius 2 is 2.22 bits per heavy atom. The normalized spacial score (nSPS) is 19.2. The number of hydrogen-bond acceptors (Lipinski definition) is 3. The minimum atomic E-state index is -0.550. The van der Waals surface area contributed by atoms with Gasteiger partial charge in [-0.05, 0) is 23.6 Å². The summed E-state index contributed by atoms with van der Waals surface area (Å²) in [6, 6.07) is 2.81. The van der Waals surface area contributed by atoms with E-state index in [2.05, 4.69) is 5.32 Å². The number of hydrogen-bond donors (Lipinski definition) is 2. The van der Waals surface area contributed by atoms with E-state index in [1.807, 2.05) is 19.9 Å². The summed E-state index contributed by atoms with van der Waals surface area (Å²) in [7, 11) is 0. The monoisotopic (exact) mass is 248 g/mol. The maximum Gasteiger partial charge on any atom is 0.141 e. The maximum atomic E-state index is 14.2. The molecular formula is C14H17FN2O. The number of halogens is 1. The fourth-order valence-electron chi connectivity index (χ4n) is 2.27. The van der Waals surface area contributed by atoms with Gasteiger partial charge in [0.15, 0.2) is 0 Å². The average molecular weight is 248 g/mol. The van der Waals surface area contributed by atoms with Crippen LogP contribution in [0.25, 0.3) is 0 Å². The van der Waals surface area contributed by atoms with E-state index in [9.17, 15) is 9.18 Å². The molecule has 1 aliphatic heterocycles. The molecule has 1 aromatic carbocycles. The zero-order chi connectivity index (χ0) is 13.3. The second-order valence-corrected chi connectivity index (χ2v) is 5.21. The first-order chi connectivity index (χ1) is 8.49. The number of carbonyl (C=O) groups excluding carboxylic acids is 1. The summed E-state index contributed by atoms with van der Waals surface area (Å²) in [4.78, 5) is 10.9. The molecule has 1 heterocycles. The molecule has 0 aliphatic carbocycles. The third kappa shape index (κ3) is 2.08. The molecule has 3 nitrogen and oxygen atoms in total. The van der Waals surface area contributed by atoms with Crippen molar-refractivity contribution in [1.29, 1.82) is 5.41 Å². The molecule has 1 atom stereocenters. The summed E-state index contributed by atoms with van der Waals surface area (Å²) < 4.78 is 14.2. The molecule has 0 amide bonds. The molecule has 1 aromatic rings. The quantitative estimate of drug-likeness (QED) is 0.636.